The minimum absolute atomic E-state index is 0. The molecule has 2 aliphatic heterocycles. The molecule has 0 saturated heterocycles. The second kappa shape index (κ2) is 10.7. The van der Waals surface area contributed by atoms with Gasteiger partial charge in [-0.25, -0.2) is 29.9 Å². The van der Waals surface area contributed by atoms with E-state index in [9.17, 15) is 0 Å². The molecule has 43 heavy (non-hydrogen) atoms. The normalized spacial score (nSPS) is 11.2. The van der Waals surface area contributed by atoms with Gasteiger partial charge in [0.25, 0.3) is 0 Å². The molecule has 0 unspecified atom stereocenters. The Morgan fingerprint density at radius 2 is 0.558 bits per heavy atom. The number of aromatic amines is 2. The Labute approximate surface area is 260 Å². The van der Waals surface area contributed by atoms with Crippen molar-refractivity contribution in [1.29, 1.82) is 0 Å². The first-order chi connectivity index (χ1) is 19.8. The van der Waals surface area contributed by atoms with Crippen LogP contribution in [0.4, 0.5) is 0 Å². The van der Waals surface area contributed by atoms with Gasteiger partial charge in [-0.15, -0.1) is 0 Å². The van der Waals surface area contributed by atoms with Crippen LogP contribution >= 0.6 is 0 Å². The summed E-state index contributed by atoms with van der Waals surface area (Å²) in [6.07, 6.45) is 0. The molecular weight excluding hydrogens is 647 g/mol. The number of aromatic nitrogens is 8. The third-order valence-electron chi connectivity index (χ3n) is 7.46. The van der Waals surface area contributed by atoms with Gasteiger partial charge < -0.3 is 20.9 Å². The molecule has 0 spiro atoms. The summed E-state index contributed by atoms with van der Waals surface area (Å²) in [6.45, 7) is 0. The number of hydrogen-bond donors (Lipinski definition) is 2. The van der Waals surface area contributed by atoms with Crippen LogP contribution in [0.15, 0.2) is 97.1 Å². The van der Waals surface area contributed by atoms with Crippen LogP contribution in [0.25, 0.3) is 89.7 Å². The summed E-state index contributed by atoms with van der Waals surface area (Å²) >= 11 is 0. The van der Waals surface area contributed by atoms with Gasteiger partial charge in [-0.05, 0) is 0 Å². The van der Waals surface area contributed by atoms with Crippen molar-refractivity contribution >= 4 is 68.0 Å². The molecule has 11 heteroatoms. The smallest absolute Gasteiger partial charge is 2.00 e. The number of H-pyrrole nitrogens is 2. The average Bonchev–Trinajstić information content (AvgIpc) is 3.73. The van der Waals surface area contributed by atoms with E-state index >= 15 is 0 Å². The molecule has 2 N–H and O–H groups in total. The van der Waals surface area contributed by atoms with E-state index in [2.05, 4.69) is 9.97 Å². The van der Waals surface area contributed by atoms with Crippen LogP contribution < -0.4 is 0 Å². The summed E-state index contributed by atoms with van der Waals surface area (Å²) in [5.74, 6) is 2.39. The molecule has 0 fully saturated rings. The summed E-state index contributed by atoms with van der Waals surface area (Å²) in [7, 11) is 0. The molecule has 8 bridgehead atoms. The SMILES string of the molecule is [O-2].[O-2].[Sn+4].c1ccc2c(c1)-c1nc-2nc2[nH]c(nc3nc(nc4[nH]c(n1)c1ccccc41)-c1ccccc1-3)c1ccccc21. The second-order valence-corrected chi connectivity index (χ2v) is 9.79. The predicted octanol–water partition coefficient (Wildman–Crippen LogP) is 6.25. The number of hydrogen-bond acceptors (Lipinski definition) is 6. The fraction of sp³-hybridized carbons (Fsp3) is 0. The largest absolute Gasteiger partial charge is 4.00 e. The Bertz CT molecular complexity index is 2050. The summed E-state index contributed by atoms with van der Waals surface area (Å²) in [5, 5.41) is 3.82. The van der Waals surface area contributed by atoms with Crippen LogP contribution in [0, 0.1) is 0 Å². The zero-order valence-corrected chi connectivity index (χ0v) is 25.1. The summed E-state index contributed by atoms with van der Waals surface area (Å²) in [5.41, 5.74) is 6.45. The van der Waals surface area contributed by atoms with Crippen molar-refractivity contribution in [2.24, 2.45) is 0 Å². The standard InChI is InChI=1S/C32H18N8.2O.Sn/c1-2-10-18-17(9-1)25-33-26(18)38-28-21-13-5-6-14-22(21)30(35-28)40-32-24-16-8-7-15-23(24)31(36-32)39-29-20-12-4-3-11-19(20)27(34-29)37-25;;;/h1-16H,(H2,33,34,35,36,37,38,39,40);;;/q;2*-2;+4. The van der Waals surface area contributed by atoms with E-state index in [4.69, 9.17) is 29.9 Å². The topological polar surface area (TPSA) is 166 Å². The third-order valence-corrected chi connectivity index (χ3v) is 7.46. The molecular formula is C32H18N8O2Sn. The Hall–Kier alpha value is -5.04. The molecule has 202 valence electrons. The van der Waals surface area contributed by atoms with Crippen LogP contribution in [0.2, 0.25) is 0 Å². The van der Waals surface area contributed by atoms with E-state index in [1.54, 1.807) is 0 Å². The molecule has 0 saturated carbocycles. The van der Waals surface area contributed by atoms with Gasteiger partial charge in [0.2, 0.25) is 0 Å². The monoisotopic (exact) mass is 666 g/mol. The van der Waals surface area contributed by atoms with Gasteiger partial charge in [0.1, 0.15) is 22.6 Å². The zero-order valence-electron chi connectivity index (χ0n) is 22.2. The molecule has 2 aliphatic rings. The van der Waals surface area contributed by atoms with Gasteiger partial charge >= 0.3 is 23.9 Å². The summed E-state index contributed by atoms with van der Waals surface area (Å²) in [6, 6.07) is 32.2. The summed E-state index contributed by atoms with van der Waals surface area (Å²) < 4.78 is 0. The first-order valence-electron chi connectivity index (χ1n) is 13.0. The fourth-order valence-corrected chi connectivity index (χ4v) is 5.59. The minimum atomic E-state index is 0. The number of benzene rings is 4. The third kappa shape index (κ3) is 4.26. The van der Waals surface area contributed by atoms with Crippen molar-refractivity contribution in [2.75, 3.05) is 0 Å². The zero-order chi connectivity index (χ0) is 26.2. The molecule has 7 aromatic rings. The van der Waals surface area contributed by atoms with Crippen molar-refractivity contribution in [3.63, 3.8) is 0 Å². The second-order valence-electron chi connectivity index (χ2n) is 9.79. The predicted molar refractivity (Wildman–Crippen MR) is 163 cm³/mol. The maximum Gasteiger partial charge on any atom is 4.00 e. The van der Waals surface area contributed by atoms with Gasteiger partial charge in [0.05, 0.1) is 0 Å². The van der Waals surface area contributed by atoms with Crippen molar-refractivity contribution in [3.8, 4) is 45.6 Å². The molecule has 9 rings (SSSR count). The molecule has 4 aromatic carbocycles. The van der Waals surface area contributed by atoms with Crippen LogP contribution in [0.3, 0.4) is 0 Å². The van der Waals surface area contributed by atoms with Crippen LogP contribution in [-0.2, 0) is 11.0 Å². The van der Waals surface area contributed by atoms with E-state index in [-0.39, 0.29) is 34.9 Å². The van der Waals surface area contributed by atoms with Crippen LogP contribution in [-0.4, -0.2) is 63.8 Å². The number of nitrogens with one attached hydrogen (secondary N) is 2. The molecule has 5 heterocycles. The number of nitrogens with zero attached hydrogens (tertiary/aromatic N) is 6. The first-order valence-corrected chi connectivity index (χ1v) is 13.0. The van der Waals surface area contributed by atoms with E-state index in [1.165, 1.54) is 0 Å². The Morgan fingerprint density at radius 1 is 0.326 bits per heavy atom. The Morgan fingerprint density at radius 3 is 0.814 bits per heavy atom. The van der Waals surface area contributed by atoms with Crippen LogP contribution in [0.5, 0.6) is 0 Å². The van der Waals surface area contributed by atoms with Gasteiger partial charge in [0.15, 0.2) is 23.3 Å². The maximum absolute atomic E-state index is 5.02. The Balaban J connectivity index is 0.00000110. The molecule has 3 aromatic heterocycles. The number of fused-ring (bicyclic) bond motifs is 20. The van der Waals surface area contributed by atoms with Crippen molar-refractivity contribution in [1.82, 2.24) is 39.9 Å². The maximum atomic E-state index is 5.02. The fourth-order valence-electron chi connectivity index (χ4n) is 5.59. The van der Waals surface area contributed by atoms with Gasteiger partial charge in [0, 0.05) is 43.8 Å². The van der Waals surface area contributed by atoms with Crippen molar-refractivity contribution < 1.29 is 11.0 Å². The van der Waals surface area contributed by atoms with Crippen LogP contribution in [0.1, 0.15) is 0 Å². The quantitative estimate of drug-likeness (QED) is 0.182. The molecule has 10 nitrogen and oxygen atoms in total. The van der Waals surface area contributed by atoms with E-state index < -0.39 is 0 Å². The van der Waals surface area contributed by atoms with E-state index in [0.29, 0.717) is 45.9 Å². The van der Waals surface area contributed by atoms with Crippen molar-refractivity contribution in [2.45, 2.75) is 0 Å². The van der Waals surface area contributed by atoms with Gasteiger partial charge in [-0.1, -0.05) is 97.1 Å². The molecule has 0 aliphatic carbocycles. The van der Waals surface area contributed by atoms with E-state index in [1.807, 2.05) is 97.1 Å². The average molecular weight is 665 g/mol. The summed E-state index contributed by atoms with van der Waals surface area (Å²) in [4.78, 5) is 36.8. The van der Waals surface area contributed by atoms with E-state index in [0.717, 1.165) is 43.8 Å². The molecule has 0 amide bonds. The first kappa shape index (κ1) is 28.1. The molecule has 0 radical (unpaired) electrons. The van der Waals surface area contributed by atoms with Gasteiger partial charge in [-0.2, -0.15) is 0 Å². The number of rotatable bonds is 0. The Kier molecular flexibility index (Phi) is 6.96. The van der Waals surface area contributed by atoms with Gasteiger partial charge in [-0.3, -0.25) is 0 Å². The minimum Gasteiger partial charge on any atom is -2.00 e. The van der Waals surface area contributed by atoms with Crippen molar-refractivity contribution in [3.05, 3.63) is 97.1 Å². The molecule has 0 atom stereocenters.